The predicted molar refractivity (Wildman–Crippen MR) is 125 cm³/mol. The fraction of sp³-hybridized carbons (Fsp3) is 0.600. The lowest BCUT2D eigenvalue weighted by atomic mass is 10.2. The summed E-state index contributed by atoms with van der Waals surface area (Å²) in [6.45, 7) is 7.08. The lowest BCUT2D eigenvalue weighted by Gasteiger charge is -2.13. The van der Waals surface area contributed by atoms with Gasteiger partial charge in [0.05, 0.1) is 6.54 Å². The van der Waals surface area contributed by atoms with Crippen molar-refractivity contribution in [3.05, 3.63) is 36.0 Å². The van der Waals surface area contributed by atoms with Gasteiger partial charge in [-0.25, -0.2) is 9.98 Å². The van der Waals surface area contributed by atoms with Crippen molar-refractivity contribution in [3.8, 4) is 5.88 Å². The Hall–Kier alpha value is -1.91. The van der Waals surface area contributed by atoms with Gasteiger partial charge in [-0.3, -0.25) is 0 Å². The summed E-state index contributed by atoms with van der Waals surface area (Å²) in [5, 5.41) is 14.7. The van der Waals surface area contributed by atoms with Crippen LogP contribution in [0.25, 0.3) is 0 Å². The fourth-order valence-corrected chi connectivity index (χ4v) is 3.34. The van der Waals surface area contributed by atoms with Gasteiger partial charge in [0, 0.05) is 38.3 Å². The Bertz CT molecular complexity index is 759. The van der Waals surface area contributed by atoms with Gasteiger partial charge in [-0.05, 0) is 44.2 Å². The van der Waals surface area contributed by atoms with Crippen molar-refractivity contribution in [2.75, 3.05) is 13.1 Å². The Kier molecular flexibility index (Phi) is 10.2. The van der Waals surface area contributed by atoms with E-state index in [9.17, 15) is 0 Å². The topological polar surface area (TPSA) is 89.3 Å². The highest BCUT2D eigenvalue weighted by Gasteiger charge is 2.17. The normalized spacial score (nSPS) is 14.5. The second-order valence-corrected chi connectivity index (χ2v) is 6.94. The van der Waals surface area contributed by atoms with Crippen LogP contribution in [0.1, 0.15) is 50.9 Å². The first-order valence-corrected chi connectivity index (χ1v) is 10.3. The maximum absolute atomic E-state index is 5.99. The van der Waals surface area contributed by atoms with E-state index in [1.807, 2.05) is 12.1 Å². The van der Waals surface area contributed by atoms with Crippen LogP contribution >= 0.6 is 24.0 Å². The first kappa shape index (κ1) is 23.4. The van der Waals surface area contributed by atoms with Gasteiger partial charge in [0.1, 0.15) is 18.3 Å². The summed E-state index contributed by atoms with van der Waals surface area (Å²) in [7, 11) is 0. The minimum Gasteiger partial charge on any atom is -0.474 e. The number of halogens is 1. The molecule has 0 aromatic carbocycles. The van der Waals surface area contributed by atoms with Crippen molar-refractivity contribution in [1.29, 1.82) is 0 Å². The maximum Gasteiger partial charge on any atom is 0.213 e. The molecule has 1 aliphatic rings. The SMILES string of the molecule is CCNC(=NCc1ccnc(OC2CCCC2)c1)NCCn1cnnc1CC.I. The Morgan fingerprint density at radius 1 is 1.28 bits per heavy atom. The molecule has 0 bridgehead atoms. The predicted octanol–water partition coefficient (Wildman–Crippen LogP) is 2.93. The summed E-state index contributed by atoms with van der Waals surface area (Å²) in [5.74, 6) is 2.50. The molecule has 2 aromatic rings. The molecule has 0 atom stereocenters. The Morgan fingerprint density at radius 2 is 2.10 bits per heavy atom. The quantitative estimate of drug-likeness (QED) is 0.305. The third-order valence-corrected chi connectivity index (χ3v) is 4.81. The average molecular weight is 513 g/mol. The number of guanidine groups is 1. The van der Waals surface area contributed by atoms with Crippen LogP contribution in [0.2, 0.25) is 0 Å². The van der Waals surface area contributed by atoms with Gasteiger partial charge >= 0.3 is 0 Å². The number of pyridine rings is 1. The van der Waals surface area contributed by atoms with E-state index in [0.717, 1.165) is 56.2 Å². The summed E-state index contributed by atoms with van der Waals surface area (Å²) in [5.41, 5.74) is 1.09. The van der Waals surface area contributed by atoms with Crippen LogP contribution in [-0.2, 0) is 19.5 Å². The third-order valence-electron chi connectivity index (χ3n) is 4.81. The zero-order chi connectivity index (χ0) is 19.6. The summed E-state index contributed by atoms with van der Waals surface area (Å²) < 4.78 is 8.05. The number of rotatable bonds is 9. The summed E-state index contributed by atoms with van der Waals surface area (Å²) in [4.78, 5) is 9.03. The number of ether oxygens (including phenoxy) is 1. The largest absolute Gasteiger partial charge is 0.474 e. The van der Waals surface area contributed by atoms with Crippen molar-refractivity contribution in [3.63, 3.8) is 0 Å². The second-order valence-electron chi connectivity index (χ2n) is 6.94. The number of hydrogen-bond donors (Lipinski definition) is 2. The van der Waals surface area contributed by atoms with E-state index < -0.39 is 0 Å². The summed E-state index contributed by atoms with van der Waals surface area (Å²) in [6.07, 6.45) is 9.52. The van der Waals surface area contributed by atoms with Gasteiger partial charge in [0.2, 0.25) is 5.88 Å². The first-order valence-electron chi connectivity index (χ1n) is 10.3. The van der Waals surface area contributed by atoms with E-state index in [2.05, 4.69) is 49.2 Å². The molecule has 2 aromatic heterocycles. The number of aromatic nitrogens is 4. The standard InChI is InChI=1S/C20H31N7O.HI/c1-3-18-26-25-15-27(18)12-11-23-20(21-4-2)24-14-16-9-10-22-19(13-16)28-17-7-5-6-8-17;/h9-10,13,15,17H,3-8,11-12,14H2,1-2H3,(H2,21,23,24);1H. The molecule has 0 radical (unpaired) electrons. The number of nitrogens with zero attached hydrogens (tertiary/aromatic N) is 5. The van der Waals surface area contributed by atoms with Gasteiger partial charge in [-0.1, -0.05) is 6.92 Å². The minimum absolute atomic E-state index is 0. The number of hydrogen-bond acceptors (Lipinski definition) is 5. The summed E-state index contributed by atoms with van der Waals surface area (Å²) >= 11 is 0. The van der Waals surface area contributed by atoms with Crippen LogP contribution in [-0.4, -0.2) is 44.9 Å². The van der Waals surface area contributed by atoms with E-state index in [1.54, 1.807) is 12.5 Å². The van der Waals surface area contributed by atoms with Crippen LogP contribution in [0.4, 0.5) is 0 Å². The van der Waals surface area contributed by atoms with E-state index >= 15 is 0 Å². The van der Waals surface area contributed by atoms with Gasteiger partial charge < -0.3 is 19.9 Å². The highest BCUT2D eigenvalue weighted by molar-refractivity contribution is 14.0. The maximum atomic E-state index is 5.99. The van der Waals surface area contributed by atoms with Crippen molar-refractivity contribution in [2.24, 2.45) is 4.99 Å². The fourth-order valence-electron chi connectivity index (χ4n) is 3.34. The molecule has 9 heteroatoms. The Morgan fingerprint density at radius 3 is 2.86 bits per heavy atom. The van der Waals surface area contributed by atoms with Crippen LogP contribution in [0.5, 0.6) is 5.88 Å². The molecule has 0 aliphatic heterocycles. The minimum atomic E-state index is 0. The molecule has 2 heterocycles. The number of aryl methyl sites for hydroxylation is 1. The van der Waals surface area contributed by atoms with Crippen molar-refractivity contribution in [2.45, 2.75) is 65.1 Å². The van der Waals surface area contributed by atoms with Crippen molar-refractivity contribution < 1.29 is 4.74 Å². The molecular formula is C20H32IN7O. The highest BCUT2D eigenvalue weighted by Crippen LogP contribution is 2.23. The van der Waals surface area contributed by atoms with Crippen molar-refractivity contribution >= 4 is 29.9 Å². The van der Waals surface area contributed by atoms with Gasteiger partial charge in [-0.2, -0.15) is 0 Å². The lowest BCUT2D eigenvalue weighted by molar-refractivity contribution is 0.201. The molecule has 1 saturated carbocycles. The van der Waals surface area contributed by atoms with E-state index in [-0.39, 0.29) is 24.0 Å². The van der Waals surface area contributed by atoms with Gasteiger partial charge in [0.15, 0.2) is 5.96 Å². The second kappa shape index (κ2) is 12.6. The number of aliphatic imine (C=N–C) groups is 1. The molecule has 1 aliphatic carbocycles. The molecule has 29 heavy (non-hydrogen) atoms. The van der Waals surface area contributed by atoms with Gasteiger partial charge in [0.25, 0.3) is 0 Å². The molecule has 0 saturated heterocycles. The molecule has 0 spiro atoms. The van der Waals surface area contributed by atoms with Crippen LogP contribution in [0.3, 0.4) is 0 Å². The monoisotopic (exact) mass is 513 g/mol. The molecule has 3 rings (SSSR count). The molecule has 0 unspecified atom stereocenters. The van der Waals surface area contributed by atoms with Crippen LogP contribution in [0.15, 0.2) is 29.6 Å². The summed E-state index contributed by atoms with van der Waals surface area (Å²) in [6, 6.07) is 3.98. The lowest BCUT2D eigenvalue weighted by Crippen LogP contribution is -2.38. The van der Waals surface area contributed by atoms with Crippen LogP contribution in [0, 0.1) is 0 Å². The van der Waals surface area contributed by atoms with E-state index in [4.69, 9.17) is 4.74 Å². The molecule has 0 amide bonds. The van der Waals surface area contributed by atoms with Gasteiger partial charge in [-0.15, -0.1) is 34.2 Å². The number of nitrogens with one attached hydrogen (secondary N) is 2. The zero-order valence-electron chi connectivity index (χ0n) is 17.3. The average Bonchev–Trinajstić information content (AvgIpc) is 3.38. The Balaban J connectivity index is 0.00000300. The van der Waals surface area contributed by atoms with E-state index in [1.165, 1.54) is 12.8 Å². The third kappa shape index (κ3) is 7.45. The smallest absolute Gasteiger partial charge is 0.213 e. The van der Waals surface area contributed by atoms with Crippen LogP contribution < -0.4 is 15.4 Å². The van der Waals surface area contributed by atoms with E-state index in [0.29, 0.717) is 18.5 Å². The molecular weight excluding hydrogens is 481 g/mol. The highest BCUT2D eigenvalue weighted by atomic mass is 127. The van der Waals surface area contributed by atoms with Crippen molar-refractivity contribution in [1.82, 2.24) is 30.4 Å². The molecule has 2 N–H and O–H groups in total. The molecule has 8 nitrogen and oxygen atoms in total. The zero-order valence-corrected chi connectivity index (χ0v) is 19.6. The molecule has 160 valence electrons. The Labute approximate surface area is 190 Å². The first-order chi connectivity index (χ1) is 13.8. The molecule has 1 fully saturated rings.